The van der Waals surface area contributed by atoms with Crippen LogP contribution in [0.3, 0.4) is 0 Å². The van der Waals surface area contributed by atoms with Gasteiger partial charge in [0.2, 0.25) is 11.6 Å². The highest BCUT2D eigenvalue weighted by Crippen LogP contribution is 2.67. The fourth-order valence-electron chi connectivity index (χ4n) is 15.7. The van der Waals surface area contributed by atoms with Crippen LogP contribution in [0.4, 0.5) is 154 Å². The first-order valence-corrected chi connectivity index (χ1v) is 33.5. The molecule has 0 spiro atoms. The van der Waals surface area contributed by atoms with Gasteiger partial charge in [0, 0.05) is 79.6 Å². The largest absolute Gasteiger partial charge is 0.389 e. The summed E-state index contributed by atoms with van der Waals surface area (Å²) < 4.78 is 553. The molecular formula is C71H37BF35P. The minimum Gasteiger partial charge on any atom is -0.236 e. The first-order valence-electron chi connectivity index (χ1n) is 31.8. The molecule has 0 radical (unpaired) electrons. The van der Waals surface area contributed by atoms with E-state index in [1.807, 2.05) is 6.92 Å². The van der Waals surface area contributed by atoms with E-state index in [1.165, 1.54) is 12.2 Å². The van der Waals surface area contributed by atoms with Crippen LogP contribution in [0.2, 0.25) is 0 Å². The molecule has 5 aliphatic rings. The topological polar surface area (TPSA) is 0 Å². The third-order valence-electron chi connectivity index (χ3n) is 20.2. The lowest BCUT2D eigenvalue weighted by Gasteiger charge is -2.49. The first kappa shape index (κ1) is 78.9. The zero-order valence-electron chi connectivity index (χ0n) is 53.6. The molecule has 0 fully saturated rings. The predicted octanol–water partition coefficient (Wildman–Crippen LogP) is 21.3. The van der Waals surface area contributed by atoms with Gasteiger partial charge in [-0.15, -0.1) is 0 Å². The van der Waals surface area contributed by atoms with Gasteiger partial charge in [0.25, 0.3) is 0 Å². The number of allylic oxidation sites excluding steroid dienone is 4. The van der Waals surface area contributed by atoms with Crippen LogP contribution in [0, 0.1) is 163 Å². The van der Waals surface area contributed by atoms with Crippen molar-refractivity contribution in [1.82, 2.24) is 0 Å². The summed E-state index contributed by atoms with van der Waals surface area (Å²) in [6.07, 6.45) is -17.1. The normalized spacial score (nSPS) is 15.8. The lowest BCUT2D eigenvalue weighted by Crippen LogP contribution is -2.80. The summed E-state index contributed by atoms with van der Waals surface area (Å²) >= 11 is 0. The van der Waals surface area contributed by atoms with Crippen molar-refractivity contribution in [3.05, 3.63) is 232 Å². The maximum absolute atomic E-state index is 18.3. The Hall–Kier alpha value is -8.72. The van der Waals surface area contributed by atoms with E-state index in [0.717, 1.165) is 6.08 Å². The number of hydrogen-bond acceptors (Lipinski definition) is 0. The number of halogens is 35. The second kappa shape index (κ2) is 27.7. The lowest BCUT2D eigenvalue weighted by atomic mass is 9.11. The third kappa shape index (κ3) is 11.4. The zero-order valence-corrected chi connectivity index (χ0v) is 54.6. The SMILES string of the molecule is CCCC[PH+](C1(F)C=CC=CC1)C(F)(F)C(F)CCCCCCC(F)(F)F.Fc1c(F)c(F)c2c(c1F)Cc1c-2c(F)c(F)c(F)c1[B-](c1c(F)c(F)c(F)c2c1Cc1c(F)c(F)c(F)c(F)c1-2)(c1c(F)c(F)c(F)c2c1Cc1c(F)c(F)c(F)c(F)c1-2)c1c(F)c(F)c(F)c2c1Cc1c(F)c(F)c(F)c(F)c1-2. The molecule has 8 aromatic rings. The molecule has 8 aromatic carbocycles. The van der Waals surface area contributed by atoms with Gasteiger partial charge < -0.3 is 0 Å². The molecule has 13 rings (SSSR count). The predicted molar refractivity (Wildman–Crippen MR) is 320 cm³/mol. The summed E-state index contributed by atoms with van der Waals surface area (Å²) in [7, 11) is -3.01. The highest BCUT2D eigenvalue weighted by Gasteiger charge is 2.63. The van der Waals surface area contributed by atoms with E-state index in [1.54, 1.807) is 6.08 Å². The van der Waals surface area contributed by atoms with Crippen LogP contribution in [0.5, 0.6) is 0 Å². The van der Waals surface area contributed by atoms with Crippen LogP contribution >= 0.6 is 7.92 Å². The Kier molecular flexibility index (Phi) is 20.2. The second-order valence-corrected chi connectivity index (χ2v) is 28.9. The molecule has 108 heavy (non-hydrogen) atoms. The summed E-state index contributed by atoms with van der Waals surface area (Å²) in [5.74, 6) is -85.4. The fourth-order valence-corrected chi connectivity index (χ4v) is 18.9. The van der Waals surface area contributed by atoms with Crippen LogP contribution in [-0.4, -0.2) is 35.7 Å². The molecule has 37 heteroatoms. The smallest absolute Gasteiger partial charge is 0.236 e. The van der Waals surface area contributed by atoms with Gasteiger partial charge in [0.1, 0.15) is 37.3 Å². The fraction of sp³-hybridized carbons (Fsp3) is 0.268. The van der Waals surface area contributed by atoms with E-state index in [2.05, 4.69) is 0 Å². The van der Waals surface area contributed by atoms with Crippen molar-refractivity contribution in [2.45, 2.75) is 114 Å². The molecule has 574 valence electrons. The number of benzene rings is 8. The summed E-state index contributed by atoms with van der Waals surface area (Å²) in [5, 5.41) is -2.19. The standard InChI is InChI=1S/C52H8BF28.C19H28F7P/c54-25-9-1-5-13(17(9)33(62)49(78)41(25)70)29(58)45(74)37(66)21(5)53(22-6-2-10-18(14(6)30(59)46(75)38(22)67)34(63)50(79)42(71)26(10)55,23-7-3-11-19(15(7)31(60)47(76)39(23)68)35(64)51(80)43(72)27(11)56)24-8-4-12-20(16(8)32(61)48(77)40(24)69)36(65)52(81)44(73)28(12)57;1-2-3-15-27(17(21)12-8-6-9-13-17)19(25,26)16(20)11-7-4-5-10-14-18(22,23)24/h1-4H2;6,8-9,12,16H,2-5,7,10-11,13-15H2,1H3/q-1;/p+1. The van der Waals surface area contributed by atoms with E-state index in [0.29, 0.717) is 12.8 Å². The van der Waals surface area contributed by atoms with E-state index in [9.17, 15) is 26.3 Å². The van der Waals surface area contributed by atoms with E-state index in [-0.39, 0.29) is 38.3 Å². The van der Waals surface area contributed by atoms with E-state index < -0.39 is 350 Å². The molecule has 0 nitrogen and oxygen atoms in total. The zero-order chi connectivity index (χ0) is 79.6. The Morgan fingerprint density at radius 2 is 0.593 bits per heavy atom. The number of fused-ring (bicyclic) bond motifs is 12. The Morgan fingerprint density at radius 1 is 0.333 bits per heavy atom. The molecule has 0 saturated heterocycles. The molecule has 0 N–H and O–H groups in total. The Labute approximate surface area is 584 Å². The van der Waals surface area contributed by atoms with Crippen molar-refractivity contribution in [3.8, 4) is 44.5 Å². The summed E-state index contributed by atoms with van der Waals surface area (Å²) in [6.45, 7) is 1.81. The molecule has 0 aromatic heterocycles. The van der Waals surface area contributed by atoms with Crippen LogP contribution in [0.1, 0.15) is 109 Å². The Bertz CT molecular complexity index is 4750. The first-order chi connectivity index (χ1) is 50.4. The maximum Gasteiger partial charge on any atom is 0.389 e. The molecule has 0 heterocycles. The minimum absolute atomic E-state index is 0.0190. The van der Waals surface area contributed by atoms with Crippen molar-refractivity contribution < 1.29 is 154 Å². The van der Waals surface area contributed by atoms with Crippen molar-refractivity contribution >= 4 is 35.9 Å². The molecule has 0 bridgehead atoms. The molecule has 3 unspecified atom stereocenters. The van der Waals surface area contributed by atoms with Gasteiger partial charge in [-0.3, -0.25) is 0 Å². The van der Waals surface area contributed by atoms with Crippen molar-refractivity contribution in [1.29, 1.82) is 0 Å². The number of hydrogen-bond donors (Lipinski definition) is 0. The molecule has 0 amide bonds. The average molecular weight is 1600 g/mol. The summed E-state index contributed by atoms with van der Waals surface area (Å²) in [4.78, 5) is 0. The van der Waals surface area contributed by atoms with Crippen molar-refractivity contribution in [3.63, 3.8) is 0 Å². The highest BCUT2D eigenvalue weighted by molar-refractivity contribution is 7.60. The molecule has 5 aliphatic carbocycles. The van der Waals surface area contributed by atoms with E-state index >= 15 is 127 Å². The number of rotatable bonds is 16. The monoisotopic (exact) mass is 1600 g/mol. The van der Waals surface area contributed by atoms with Crippen molar-refractivity contribution in [2.24, 2.45) is 0 Å². The van der Waals surface area contributed by atoms with Gasteiger partial charge in [0.15, 0.2) is 140 Å². The maximum atomic E-state index is 18.3. The second-order valence-electron chi connectivity index (χ2n) is 25.9. The van der Waals surface area contributed by atoms with Crippen LogP contribution in [0.15, 0.2) is 24.3 Å². The average Bonchev–Trinajstić information content (AvgIpc) is 1.35. The van der Waals surface area contributed by atoms with Gasteiger partial charge >= 0.3 is 11.8 Å². The lowest BCUT2D eigenvalue weighted by molar-refractivity contribution is -0.135. The molecule has 3 atom stereocenters. The van der Waals surface area contributed by atoms with Crippen molar-refractivity contribution in [2.75, 3.05) is 6.16 Å². The quantitative estimate of drug-likeness (QED) is 0.0226. The van der Waals surface area contributed by atoms with Crippen LogP contribution in [0.25, 0.3) is 44.5 Å². The van der Waals surface area contributed by atoms with Gasteiger partial charge in [-0.05, 0) is 51.0 Å². The number of alkyl halides is 7. The Morgan fingerprint density at radius 3 is 0.852 bits per heavy atom. The summed E-state index contributed by atoms with van der Waals surface area (Å²) in [5.41, 5.74) is -49.2. The molecule has 0 saturated carbocycles. The van der Waals surface area contributed by atoms with Crippen LogP contribution in [-0.2, 0) is 25.7 Å². The molecule has 0 aliphatic heterocycles. The van der Waals surface area contributed by atoms with Gasteiger partial charge in [-0.2, -0.15) is 48.2 Å². The minimum atomic E-state index is -6.96. The van der Waals surface area contributed by atoms with Gasteiger partial charge in [0.05, 0.1) is 6.16 Å². The van der Waals surface area contributed by atoms with Crippen LogP contribution < -0.4 is 21.9 Å². The summed E-state index contributed by atoms with van der Waals surface area (Å²) in [6, 6.07) is 0. The third-order valence-corrected chi connectivity index (χ3v) is 23.6. The van der Waals surface area contributed by atoms with Gasteiger partial charge in [-0.1, -0.05) is 73.1 Å². The highest BCUT2D eigenvalue weighted by atomic mass is 31.1. The van der Waals surface area contributed by atoms with E-state index in [4.69, 9.17) is 0 Å². The Balaban J connectivity index is 0.000000342. The number of unbranched alkanes of at least 4 members (excludes halogenated alkanes) is 4. The molecular weight excluding hydrogens is 1560 g/mol. The van der Waals surface area contributed by atoms with Gasteiger partial charge in [-0.25, -0.2) is 127 Å².